The molecule has 1 fully saturated rings. The number of hydrogen-bond donors (Lipinski definition) is 2. The first-order chi connectivity index (χ1) is 7.42. The zero-order valence-electron chi connectivity index (χ0n) is 9.28. The van der Waals surface area contributed by atoms with Gasteiger partial charge in [0.25, 0.3) is 0 Å². The van der Waals surface area contributed by atoms with Crippen LogP contribution in [0.25, 0.3) is 0 Å². The number of likely N-dealkylation sites (N-methyl/N-ethyl adjacent to an activating group) is 1. The molecule has 1 heterocycles. The first-order valence-electron chi connectivity index (χ1n) is 5.13. The summed E-state index contributed by atoms with van der Waals surface area (Å²) < 4.78 is 15.1. The van der Waals surface area contributed by atoms with Gasteiger partial charge in [0.2, 0.25) is 0 Å². The van der Waals surface area contributed by atoms with E-state index in [1.165, 1.54) is 0 Å². The smallest absolute Gasteiger partial charge is 0.303 e. The number of piperazine rings is 1. The van der Waals surface area contributed by atoms with E-state index in [2.05, 4.69) is 9.42 Å². The molecule has 0 aromatic carbocycles. The molecule has 0 amide bonds. The van der Waals surface area contributed by atoms with Crippen molar-refractivity contribution in [3.8, 4) is 0 Å². The summed E-state index contributed by atoms with van der Waals surface area (Å²) in [4.78, 5) is 21.2. The van der Waals surface area contributed by atoms with Crippen molar-refractivity contribution in [2.24, 2.45) is 0 Å². The Morgan fingerprint density at radius 3 is 2.69 bits per heavy atom. The first-order valence-corrected chi connectivity index (χ1v) is 6.66. The number of nitrogens with zero attached hydrogens (tertiary/aromatic N) is 2. The highest BCUT2D eigenvalue weighted by atomic mass is 31.2. The maximum atomic E-state index is 10.6. The fraction of sp³-hybridized carbons (Fsp3) is 1.00. The van der Waals surface area contributed by atoms with Crippen LogP contribution in [0.15, 0.2) is 0 Å². The van der Waals surface area contributed by atoms with E-state index in [0.717, 1.165) is 13.1 Å². The van der Waals surface area contributed by atoms with E-state index in [-0.39, 0.29) is 19.3 Å². The van der Waals surface area contributed by atoms with Gasteiger partial charge in [-0.2, -0.15) is 0 Å². The molecular weight excluding hydrogens is 235 g/mol. The van der Waals surface area contributed by atoms with E-state index < -0.39 is 7.82 Å². The average molecular weight is 253 g/mol. The van der Waals surface area contributed by atoms with Gasteiger partial charge in [0, 0.05) is 32.2 Å². The first kappa shape index (κ1) is 14.1. The third-order valence-electron chi connectivity index (χ3n) is 2.62. The van der Waals surface area contributed by atoms with Gasteiger partial charge >= 0.3 is 7.82 Å². The Labute approximate surface area is 94.9 Å². The predicted octanol–water partition coefficient (Wildman–Crippen LogP) is -0.858. The number of rotatable bonds is 5. The highest BCUT2D eigenvalue weighted by molar-refractivity contribution is 7.46. The molecule has 7 nitrogen and oxygen atoms in total. The van der Waals surface area contributed by atoms with E-state index in [1.54, 1.807) is 0 Å². The SMILES string of the molecule is CN1CCN(CC[O])C(COP(=O)(O)O)C1. The average Bonchev–Trinajstić information content (AvgIpc) is 2.17. The third kappa shape index (κ3) is 4.88. The second kappa shape index (κ2) is 6.07. The molecule has 0 spiro atoms. The van der Waals surface area contributed by atoms with E-state index >= 15 is 0 Å². The van der Waals surface area contributed by atoms with Crippen molar-refractivity contribution in [2.75, 3.05) is 46.4 Å². The van der Waals surface area contributed by atoms with Crippen LogP contribution in [0.5, 0.6) is 0 Å². The second-order valence-corrected chi connectivity index (χ2v) is 5.18. The van der Waals surface area contributed by atoms with Crippen molar-refractivity contribution in [3.63, 3.8) is 0 Å². The summed E-state index contributed by atoms with van der Waals surface area (Å²) in [7, 11) is -2.49. The van der Waals surface area contributed by atoms with Crippen molar-refractivity contribution < 1.29 is 24.0 Å². The third-order valence-corrected chi connectivity index (χ3v) is 3.11. The van der Waals surface area contributed by atoms with Gasteiger partial charge in [0.05, 0.1) is 13.2 Å². The fourth-order valence-electron chi connectivity index (χ4n) is 1.80. The topological polar surface area (TPSA) is 93.1 Å². The summed E-state index contributed by atoms with van der Waals surface area (Å²) in [6.45, 7) is 2.37. The normalized spacial score (nSPS) is 24.9. The quantitative estimate of drug-likeness (QED) is 0.619. The summed E-state index contributed by atoms with van der Waals surface area (Å²) in [5.74, 6) is 0. The molecule has 1 unspecified atom stereocenters. The van der Waals surface area contributed by atoms with E-state index in [9.17, 15) is 9.67 Å². The summed E-state index contributed by atoms with van der Waals surface area (Å²) in [5, 5.41) is 10.6. The molecule has 1 aliphatic heterocycles. The molecule has 2 N–H and O–H groups in total. The van der Waals surface area contributed by atoms with Gasteiger partial charge in [0.15, 0.2) is 0 Å². The van der Waals surface area contributed by atoms with Gasteiger partial charge < -0.3 is 14.7 Å². The minimum absolute atomic E-state index is 0.0470. The maximum absolute atomic E-state index is 10.6. The lowest BCUT2D eigenvalue weighted by molar-refractivity contribution is 0.0293. The minimum Gasteiger partial charge on any atom is -0.303 e. The van der Waals surface area contributed by atoms with Crippen LogP contribution in [0.4, 0.5) is 0 Å². The van der Waals surface area contributed by atoms with Gasteiger partial charge in [-0.25, -0.2) is 9.67 Å². The summed E-state index contributed by atoms with van der Waals surface area (Å²) in [6.07, 6.45) is 0. The van der Waals surface area contributed by atoms with Crippen molar-refractivity contribution in [3.05, 3.63) is 0 Å². The zero-order valence-corrected chi connectivity index (χ0v) is 10.2. The maximum Gasteiger partial charge on any atom is 0.469 e. The van der Waals surface area contributed by atoms with Crippen LogP contribution in [0, 0.1) is 0 Å². The summed E-state index contributed by atoms with van der Waals surface area (Å²) in [5.41, 5.74) is 0. The number of phosphoric ester groups is 1. The highest BCUT2D eigenvalue weighted by Crippen LogP contribution is 2.36. The number of phosphoric acid groups is 1. The molecule has 1 rings (SSSR count). The van der Waals surface area contributed by atoms with E-state index in [0.29, 0.717) is 13.1 Å². The zero-order chi connectivity index (χ0) is 12.2. The molecule has 95 valence electrons. The molecule has 0 aliphatic carbocycles. The van der Waals surface area contributed by atoms with Crippen molar-refractivity contribution in [2.45, 2.75) is 6.04 Å². The van der Waals surface area contributed by atoms with E-state index in [4.69, 9.17) is 9.79 Å². The molecule has 8 heteroatoms. The second-order valence-electron chi connectivity index (χ2n) is 3.94. The van der Waals surface area contributed by atoms with Gasteiger partial charge in [-0.05, 0) is 7.05 Å². The van der Waals surface area contributed by atoms with Gasteiger partial charge in [-0.3, -0.25) is 9.42 Å². The Bertz CT molecular complexity index is 259. The number of hydrogen-bond acceptors (Lipinski definition) is 4. The Balaban J connectivity index is 2.47. The highest BCUT2D eigenvalue weighted by Gasteiger charge is 2.27. The van der Waals surface area contributed by atoms with E-state index in [1.807, 2.05) is 11.9 Å². The van der Waals surface area contributed by atoms with Crippen LogP contribution < -0.4 is 0 Å². The lowest BCUT2D eigenvalue weighted by atomic mass is 10.2. The van der Waals surface area contributed by atoms with Crippen LogP contribution >= 0.6 is 7.82 Å². The van der Waals surface area contributed by atoms with Crippen LogP contribution in [0.3, 0.4) is 0 Å². The molecule has 0 aromatic rings. The Kier molecular flexibility index (Phi) is 5.33. The molecule has 0 aromatic heterocycles. The Morgan fingerprint density at radius 2 is 2.12 bits per heavy atom. The molecule has 16 heavy (non-hydrogen) atoms. The minimum atomic E-state index is -4.42. The van der Waals surface area contributed by atoms with Gasteiger partial charge in [-0.15, -0.1) is 0 Å². The molecule has 1 aliphatic rings. The fourth-order valence-corrected chi connectivity index (χ4v) is 2.17. The molecule has 1 radical (unpaired) electrons. The van der Waals surface area contributed by atoms with Crippen molar-refractivity contribution in [1.82, 2.24) is 9.80 Å². The molecule has 0 bridgehead atoms. The lowest BCUT2D eigenvalue weighted by Crippen LogP contribution is -2.54. The molecule has 1 atom stereocenters. The van der Waals surface area contributed by atoms with Crippen LogP contribution in [-0.4, -0.2) is 72.1 Å². The van der Waals surface area contributed by atoms with Crippen molar-refractivity contribution in [1.29, 1.82) is 0 Å². The molecule has 0 saturated carbocycles. The lowest BCUT2D eigenvalue weighted by Gasteiger charge is -2.39. The standard InChI is InChI=1S/C8H18N2O5P/c1-9-2-3-10(4-5-11)8(6-9)7-15-16(12,13)14/h8H,2-7H2,1H3,(H2,12,13,14). The molecule has 1 saturated heterocycles. The van der Waals surface area contributed by atoms with Crippen LogP contribution in [0.1, 0.15) is 0 Å². The monoisotopic (exact) mass is 253 g/mol. The summed E-state index contributed by atoms with van der Waals surface area (Å²) >= 11 is 0. The summed E-state index contributed by atoms with van der Waals surface area (Å²) in [6, 6.07) is -0.125. The Morgan fingerprint density at radius 1 is 1.44 bits per heavy atom. The predicted molar refractivity (Wildman–Crippen MR) is 56.4 cm³/mol. The molecular formula is C8H18N2O5P. The van der Waals surface area contributed by atoms with Crippen LogP contribution in [0.2, 0.25) is 0 Å². The van der Waals surface area contributed by atoms with Gasteiger partial charge in [0.1, 0.15) is 0 Å². The van der Waals surface area contributed by atoms with Gasteiger partial charge in [-0.1, -0.05) is 0 Å². The Hall–Kier alpha value is -0.0100. The largest absolute Gasteiger partial charge is 0.469 e. The van der Waals surface area contributed by atoms with Crippen LogP contribution in [-0.2, 0) is 14.2 Å². The van der Waals surface area contributed by atoms with Crippen molar-refractivity contribution >= 4 is 7.82 Å².